The van der Waals surface area contributed by atoms with Crippen molar-refractivity contribution in [1.29, 1.82) is 10.5 Å². The molecular formula is C46H52I5N8O6V2. The second kappa shape index (κ2) is 27.9. The summed E-state index contributed by atoms with van der Waals surface area (Å²) < 4.78 is 15.5. The Morgan fingerprint density at radius 3 is 1.63 bits per heavy atom. The van der Waals surface area contributed by atoms with E-state index in [1.165, 1.54) is 4.90 Å². The molecule has 7 rings (SSSR count). The molecular weight excluding hydrogens is 1500 g/mol. The van der Waals surface area contributed by atoms with Gasteiger partial charge in [0.15, 0.2) is 22.8 Å². The third-order valence-corrected chi connectivity index (χ3v) is 10.5. The fourth-order valence-electron chi connectivity index (χ4n) is 6.70. The number of ether oxygens (including phenoxy) is 3. The van der Waals surface area contributed by atoms with Crippen LogP contribution in [0.15, 0.2) is 107 Å². The van der Waals surface area contributed by atoms with Crippen molar-refractivity contribution in [3.05, 3.63) is 119 Å². The maximum atomic E-state index is 13.2. The van der Waals surface area contributed by atoms with Crippen molar-refractivity contribution in [3.8, 4) is 34.4 Å². The summed E-state index contributed by atoms with van der Waals surface area (Å²) in [5.74, 6) is -0.0912. The summed E-state index contributed by atoms with van der Waals surface area (Å²) in [5, 5.41) is 30.6. The zero-order valence-electron chi connectivity index (χ0n) is 38.1. The van der Waals surface area contributed by atoms with Gasteiger partial charge in [-0.25, -0.2) is 9.98 Å². The quantitative estimate of drug-likeness (QED) is 0.113. The molecule has 357 valence electrons. The molecule has 0 saturated carbocycles. The van der Waals surface area contributed by atoms with E-state index in [1.54, 1.807) is 44.2 Å². The fourth-order valence-corrected chi connectivity index (χ4v) is 6.70. The number of aliphatic hydroxyl groups excluding tert-OH is 1. The predicted octanol–water partition coefficient (Wildman–Crippen LogP) is 10.0. The van der Waals surface area contributed by atoms with E-state index in [-0.39, 0.29) is 35.8 Å². The summed E-state index contributed by atoms with van der Waals surface area (Å²) in [6.07, 6.45) is 0. The molecule has 1 saturated heterocycles. The van der Waals surface area contributed by atoms with Crippen LogP contribution in [0.4, 0.5) is 0 Å². The molecule has 3 aliphatic heterocycles. The van der Waals surface area contributed by atoms with Gasteiger partial charge in [0, 0.05) is 14.2 Å². The molecule has 2 unspecified atom stereocenters. The Hall–Kier alpha value is -1.60. The van der Waals surface area contributed by atoms with Crippen LogP contribution in [0.3, 0.4) is 0 Å². The standard InChI is InChI=1S/C22H22N4O2.C19H18N4O2.C5H12O2.5HI.2V/c1-21(2)24-20-25-22(3,19(27)26(20)10-11-28-21)18-9-5-8-17(13-18)16-7-4-6-15(12-16)14-23;1-19(17(25)23(8-9-24)18(21)22-19)16-7-3-6-15(11-16)14-5-2-4-13(10-14)12-20;1-5(2,6-3)7-4;;;;;;;/h4-9,12-13H,10-11H2,1-3H3,(H,24,25);2-7,10-11,24H,8-9H2,1H3,(H2,21,22);1-4H3;5*1H;;/q;;;;;;;;+2;+3/p-5. The first-order valence-electron chi connectivity index (χ1n) is 20.2. The number of fused-ring (bicyclic) bond motifs is 1. The van der Waals surface area contributed by atoms with Gasteiger partial charge in [0.25, 0.3) is 11.8 Å². The molecule has 21 heteroatoms. The summed E-state index contributed by atoms with van der Waals surface area (Å²) in [6, 6.07) is 34.3. The number of nitrogens with two attached hydrogens (primary N) is 1. The molecule has 14 nitrogen and oxygen atoms in total. The molecule has 0 radical (unpaired) electrons. The second-order valence-electron chi connectivity index (χ2n) is 15.8. The van der Waals surface area contributed by atoms with E-state index in [4.69, 9.17) is 40.6 Å². The number of carbonyl (C=O) groups is 2. The van der Waals surface area contributed by atoms with E-state index < -0.39 is 22.6 Å². The van der Waals surface area contributed by atoms with Crippen LogP contribution in [0, 0.1) is 22.7 Å². The summed E-state index contributed by atoms with van der Waals surface area (Å²) in [6.45, 7) is 12.0. The Morgan fingerprint density at radius 1 is 0.806 bits per heavy atom. The molecule has 4 aromatic rings. The van der Waals surface area contributed by atoms with Gasteiger partial charge in [-0.15, -0.1) is 0 Å². The number of hydrogen-bond acceptors (Lipinski definition) is 12. The number of rotatable bonds is 8. The molecule has 2 amide bonds. The normalized spacial score (nSPS) is 19.1. The van der Waals surface area contributed by atoms with Crippen molar-refractivity contribution >= 4 is 124 Å². The van der Waals surface area contributed by atoms with Crippen molar-refractivity contribution in [2.75, 3.05) is 40.5 Å². The van der Waals surface area contributed by atoms with E-state index in [9.17, 15) is 9.59 Å². The summed E-state index contributed by atoms with van der Waals surface area (Å²) in [4.78, 5) is 37.8. The van der Waals surface area contributed by atoms with E-state index >= 15 is 0 Å². The van der Waals surface area contributed by atoms with Gasteiger partial charge in [-0.3, -0.25) is 19.4 Å². The SMILES string of the molecule is CC1(C)NC2=NC(C)(c3cccc(-c4cccc(C#N)c4)c3)C(=O)N2CCO1.CC1(c2cccc(-c3cccc(C#N)c3)c2)N=C(N)N(CCO)C1=O.COC(C)(C)OC.[I][V]([I])[I].[I][V][I]. The molecule has 1 fully saturated rings. The zero-order valence-corrected chi connectivity index (χ0v) is 51.7. The molecule has 2 atom stereocenters. The number of benzene rings is 4. The van der Waals surface area contributed by atoms with Crippen LogP contribution >= 0.6 is 99.9 Å². The zero-order chi connectivity index (χ0) is 50.2. The van der Waals surface area contributed by atoms with Crippen molar-refractivity contribution in [2.24, 2.45) is 15.7 Å². The third-order valence-electron chi connectivity index (χ3n) is 10.5. The maximum absolute atomic E-state index is 13.2. The van der Waals surface area contributed by atoms with E-state index in [0.717, 1.165) is 27.8 Å². The summed E-state index contributed by atoms with van der Waals surface area (Å²) in [5.41, 5.74) is 9.51. The van der Waals surface area contributed by atoms with Gasteiger partial charge in [-0.2, -0.15) is 10.5 Å². The molecule has 67 heavy (non-hydrogen) atoms. The van der Waals surface area contributed by atoms with Gasteiger partial charge in [-0.1, -0.05) is 60.7 Å². The number of aliphatic imine (C=N–C) groups is 2. The predicted molar refractivity (Wildman–Crippen MR) is 299 cm³/mol. The summed E-state index contributed by atoms with van der Waals surface area (Å²) in [7, 11) is 3.86. The fraction of sp³-hybridized carbons (Fsp3) is 0.348. The number of amides is 2. The van der Waals surface area contributed by atoms with Crippen LogP contribution in [0.5, 0.6) is 0 Å². The Bertz CT molecular complexity index is 2480. The number of aliphatic hydroxyl groups is 1. The minimum absolute atomic E-state index is 0.0702. The number of β-amino-alcohol motifs (C(OH)–C–C–N with tert-alkyl or cyclic N) is 1. The van der Waals surface area contributed by atoms with Crippen LogP contribution in [-0.2, 0) is 49.3 Å². The van der Waals surface area contributed by atoms with Gasteiger partial charge in [-0.05, 0) is 111 Å². The number of nitrogens with zero attached hydrogens (tertiary/aromatic N) is 6. The van der Waals surface area contributed by atoms with E-state index in [2.05, 4.69) is 122 Å². The second-order valence-corrected chi connectivity index (χ2v) is 62.9. The van der Waals surface area contributed by atoms with Gasteiger partial charge in [0.2, 0.25) is 5.96 Å². The molecule has 4 aromatic carbocycles. The molecule has 4 N–H and O–H groups in total. The van der Waals surface area contributed by atoms with E-state index in [1.807, 2.05) is 113 Å². The van der Waals surface area contributed by atoms with Gasteiger partial charge < -0.3 is 30.4 Å². The average molecular weight is 1550 g/mol. The number of nitrogens with one attached hydrogen (secondary N) is 1. The van der Waals surface area contributed by atoms with Crippen LogP contribution in [0.2, 0.25) is 0 Å². The molecule has 3 aliphatic rings. The minimum atomic E-state index is -1.12. The number of hydrogen-bond donors (Lipinski definition) is 3. The molecule has 3 heterocycles. The molecule has 0 bridgehead atoms. The Balaban J connectivity index is 0.000000279. The van der Waals surface area contributed by atoms with Gasteiger partial charge in [0.1, 0.15) is 5.72 Å². The first-order chi connectivity index (χ1) is 31.6. The van der Waals surface area contributed by atoms with Gasteiger partial charge in [0.05, 0.1) is 49.6 Å². The number of nitriles is 2. The van der Waals surface area contributed by atoms with E-state index in [0.29, 0.717) is 45.3 Å². The van der Waals surface area contributed by atoms with Crippen molar-refractivity contribution < 1.29 is 43.3 Å². The number of methoxy groups -OCH3 is 2. The van der Waals surface area contributed by atoms with Gasteiger partial charge >= 0.3 is 114 Å². The first kappa shape index (κ1) is 59.7. The molecule has 0 spiro atoms. The third kappa shape index (κ3) is 17.0. The van der Waals surface area contributed by atoms with Crippen LogP contribution < -0.4 is 11.1 Å². The van der Waals surface area contributed by atoms with Crippen molar-refractivity contribution in [1.82, 2.24) is 15.1 Å². The first-order valence-corrected chi connectivity index (χ1v) is 42.8. The van der Waals surface area contributed by atoms with Crippen LogP contribution in [-0.4, -0.2) is 90.7 Å². The average Bonchev–Trinajstić information content (AvgIpc) is 3.60. The molecule has 0 aromatic heterocycles. The Morgan fingerprint density at radius 2 is 1.22 bits per heavy atom. The van der Waals surface area contributed by atoms with Crippen molar-refractivity contribution in [3.63, 3.8) is 0 Å². The monoisotopic (exact) mass is 1550 g/mol. The van der Waals surface area contributed by atoms with Crippen LogP contribution in [0.25, 0.3) is 22.3 Å². The van der Waals surface area contributed by atoms with Crippen LogP contribution in [0.1, 0.15) is 63.8 Å². The number of halogens is 5. The van der Waals surface area contributed by atoms with Crippen molar-refractivity contribution in [2.45, 2.75) is 64.1 Å². The Labute approximate surface area is 460 Å². The number of carbonyl (C=O) groups excluding carboxylic acids is 2. The number of guanidine groups is 2. The summed E-state index contributed by atoms with van der Waals surface area (Å²) >= 11 is 12.1. The Kier molecular flexibility index (Phi) is 24.8. The topological polar surface area (TPSA) is 199 Å². The molecule has 0 aliphatic carbocycles.